The van der Waals surface area contributed by atoms with Crippen molar-refractivity contribution in [1.29, 1.82) is 0 Å². The number of hydrogen-bond acceptors (Lipinski definition) is 3. The molecular weight excluding hydrogens is 244 g/mol. The molecule has 5 nitrogen and oxygen atoms in total. The molecule has 1 amide bonds. The van der Waals surface area contributed by atoms with Crippen LogP contribution < -0.4 is 5.73 Å². The molecule has 19 heavy (non-hydrogen) atoms. The lowest BCUT2D eigenvalue weighted by Crippen LogP contribution is -2.40. The molecule has 1 aliphatic heterocycles. The van der Waals surface area contributed by atoms with E-state index in [1.54, 1.807) is 17.0 Å². The number of amides is 1. The van der Waals surface area contributed by atoms with E-state index in [9.17, 15) is 9.59 Å². The Balaban J connectivity index is 2.14. The van der Waals surface area contributed by atoms with Gasteiger partial charge >= 0.3 is 5.97 Å². The third-order valence-corrected chi connectivity index (χ3v) is 3.14. The van der Waals surface area contributed by atoms with E-state index in [0.717, 1.165) is 11.1 Å². The molecule has 1 aromatic carbocycles. The lowest BCUT2D eigenvalue weighted by Gasteiger charge is -2.18. The molecule has 1 aliphatic rings. The number of benzene rings is 1. The molecule has 1 heterocycles. The minimum Gasteiger partial charge on any atom is -0.478 e. The molecule has 0 aliphatic carbocycles. The quantitative estimate of drug-likeness (QED) is 0.777. The lowest BCUT2D eigenvalue weighted by molar-refractivity contribution is -0.133. The number of carbonyl (C=O) groups excluding carboxylic acids is 1. The molecular formula is C14H14N2O3. The molecule has 1 atom stereocenters. The first-order valence-electron chi connectivity index (χ1n) is 5.86. The van der Waals surface area contributed by atoms with Crippen LogP contribution in [0, 0.1) is 12.3 Å². The molecule has 0 bridgehead atoms. The minimum absolute atomic E-state index is 0.200. The van der Waals surface area contributed by atoms with Gasteiger partial charge in [-0.3, -0.25) is 4.79 Å². The van der Waals surface area contributed by atoms with E-state index in [1.807, 2.05) is 0 Å². The third kappa shape index (κ3) is 2.59. The van der Waals surface area contributed by atoms with Crippen molar-refractivity contribution in [2.75, 3.05) is 0 Å². The van der Waals surface area contributed by atoms with Crippen molar-refractivity contribution in [2.24, 2.45) is 5.73 Å². The van der Waals surface area contributed by atoms with Gasteiger partial charge in [-0.2, -0.15) is 0 Å². The number of rotatable bonds is 3. The summed E-state index contributed by atoms with van der Waals surface area (Å²) in [4.78, 5) is 24.5. The standard InChI is InChI=1S/C14H14N2O3/c1-2-3-12(15)13(17)16-7-10-5-4-9(14(18)19)6-11(10)8-16/h1,4-6,12H,3,7-8,15H2,(H,18,19). The number of aromatic carboxylic acids is 1. The first-order valence-corrected chi connectivity index (χ1v) is 5.86. The maximum atomic E-state index is 12.0. The molecule has 0 radical (unpaired) electrons. The summed E-state index contributed by atoms with van der Waals surface area (Å²) in [5.74, 6) is 1.19. The van der Waals surface area contributed by atoms with Gasteiger partial charge in [-0.15, -0.1) is 12.3 Å². The van der Waals surface area contributed by atoms with Gasteiger partial charge in [0.15, 0.2) is 0 Å². The fourth-order valence-electron chi connectivity index (χ4n) is 2.13. The predicted molar refractivity (Wildman–Crippen MR) is 69.1 cm³/mol. The van der Waals surface area contributed by atoms with Crippen LogP contribution in [0.5, 0.6) is 0 Å². The van der Waals surface area contributed by atoms with Crippen LogP contribution in [0.4, 0.5) is 0 Å². The Morgan fingerprint density at radius 1 is 1.42 bits per heavy atom. The largest absolute Gasteiger partial charge is 0.478 e. The number of carbonyl (C=O) groups is 2. The number of carboxylic acids is 1. The first kappa shape index (κ1) is 13.1. The zero-order valence-corrected chi connectivity index (χ0v) is 10.3. The second-order valence-electron chi connectivity index (χ2n) is 4.50. The van der Waals surface area contributed by atoms with E-state index in [-0.39, 0.29) is 17.9 Å². The molecule has 0 fully saturated rings. The van der Waals surface area contributed by atoms with Gasteiger partial charge in [0.2, 0.25) is 5.91 Å². The van der Waals surface area contributed by atoms with Gasteiger partial charge in [0.05, 0.1) is 11.6 Å². The van der Waals surface area contributed by atoms with Crippen LogP contribution in [0.1, 0.15) is 27.9 Å². The van der Waals surface area contributed by atoms with Crippen molar-refractivity contribution in [3.05, 3.63) is 34.9 Å². The summed E-state index contributed by atoms with van der Waals surface area (Å²) in [6, 6.07) is 4.17. The van der Waals surface area contributed by atoms with Gasteiger partial charge in [0.1, 0.15) is 0 Å². The normalized spacial score (nSPS) is 14.6. The van der Waals surface area contributed by atoms with E-state index in [0.29, 0.717) is 13.1 Å². The number of nitrogens with zero attached hydrogens (tertiary/aromatic N) is 1. The fourth-order valence-corrected chi connectivity index (χ4v) is 2.13. The van der Waals surface area contributed by atoms with Crippen LogP contribution in [-0.4, -0.2) is 27.9 Å². The number of carboxylic acid groups (broad SMARTS) is 1. The molecule has 0 aromatic heterocycles. The Morgan fingerprint density at radius 2 is 2.11 bits per heavy atom. The van der Waals surface area contributed by atoms with Crippen molar-refractivity contribution in [3.8, 4) is 12.3 Å². The van der Waals surface area contributed by atoms with Gasteiger partial charge in [-0.1, -0.05) is 6.07 Å². The molecule has 3 N–H and O–H groups in total. The highest BCUT2D eigenvalue weighted by molar-refractivity contribution is 5.88. The van der Waals surface area contributed by atoms with E-state index in [4.69, 9.17) is 17.3 Å². The second kappa shape index (κ2) is 5.12. The van der Waals surface area contributed by atoms with Crippen LogP contribution in [0.2, 0.25) is 0 Å². The van der Waals surface area contributed by atoms with Crippen LogP contribution in [0.15, 0.2) is 18.2 Å². The Bertz CT molecular complexity index is 575. The Hall–Kier alpha value is -2.32. The summed E-state index contributed by atoms with van der Waals surface area (Å²) < 4.78 is 0. The maximum absolute atomic E-state index is 12.0. The summed E-state index contributed by atoms with van der Waals surface area (Å²) >= 11 is 0. The van der Waals surface area contributed by atoms with E-state index in [2.05, 4.69) is 5.92 Å². The Kier molecular flexibility index (Phi) is 3.54. The molecule has 0 saturated heterocycles. The topological polar surface area (TPSA) is 83.6 Å². The average molecular weight is 258 g/mol. The van der Waals surface area contributed by atoms with Crippen molar-refractivity contribution < 1.29 is 14.7 Å². The summed E-state index contributed by atoms with van der Waals surface area (Å²) in [5, 5.41) is 8.93. The van der Waals surface area contributed by atoms with Crippen LogP contribution in [-0.2, 0) is 17.9 Å². The SMILES string of the molecule is C#CCC(N)C(=O)N1Cc2ccc(C(=O)O)cc2C1. The highest BCUT2D eigenvalue weighted by Crippen LogP contribution is 2.24. The molecule has 1 unspecified atom stereocenters. The van der Waals surface area contributed by atoms with Crippen LogP contribution >= 0.6 is 0 Å². The molecule has 0 spiro atoms. The average Bonchev–Trinajstić information content (AvgIpc) is 2.80. The van der Waals surface area contributed by atoms with Crippen molar-refractivity contribution in [1.82, 2.24) is 4.90 Å². The monoisotopic (exact) mass is 258 g/mol. The van der Waals surface area contributed by atoms with Gasteiger partial charge in [-0.05, 0) is 23.3 Å². The van der Waals surface area contributed by atoms with E-state index >= 15 is 0 Å². The smallest absolute Gasteiger partial charge is 0.335 e. The zero-order chi connectivity index (χ0) is 14.0. The van der Waals surface area contributed by atoms with Gasteiger partial charge in [0.25, 0.3) is 0 Å². The molecule has 5 heteroatoms. The summed E-state index contributed by atoms with van der Waals surface area (Å²) in [6.45, 7) is 0.833. The van der Waals surface area contributed by atoms with Crippen LogP contribution in [0.3, 0.4) is 0 Å². The summed E-state index contributed by atoms with van der Waals surface area (Å²) in [5.41, 5.74) is 7.71. The van der Waals surface area contributed by atoms with E-state index < -0.39 is 12.0 Å². The molecule has 2 rings (SSSR count). The number of fused-ring (bicyclic) bond motifs is 1. The van der Waals surface area contributed by atoms with Gasteiger partial charge in [0, 0.05) is 19.5 Å². The zero-order valence-electron chi connectivity index (χ0n) is 10.3. The maximum Gasteiger partial charge on any atom is 0.335 e. The van der Waals surface area contributed by atoms with Crippen LogP contribution in [0.25, 0.3) is 0 Å². The van der Waals surface area contributed by atoms with E-state index in [1.165, 1.54) is 6.07 Å². The third-order valence-electron chi connectivity index (χ3n) is 3.14. The summed E-state index contributed by atoms with van der Waals surface area (Å²) in [6.07, 6.45) is 5.34. The fraction of sp³-hybridized carbons (Fsp3) is 0.286. The van der Waals surface area contributed by atoms with Crippen molar-refractivity contribution >= 4 is 11.9 Å². The second-order valence-corrected chi connectivity index (χ2v) is 4.50. The minimum atomic E-state index is -0.975. The highest BCUT2D eigenvalue weighted by Gasteiger charge is 2.27. The number of nitrogens with two attached hydrogens (primary N) is 1. The highest BCUT2D eigenvalue weighted by atomic mass is 16.4. The molecule has 98 valence electrons. The lowest BCUT2D eigenvalue weighted by atomic mass is 10.1. The Morgan fingerprint density at radius 3 is 2.74 bits per heavy atom. The van der Waals surface area contributed by atoms with Crippen molar-refractivity contribution in [2.45, 2.75) is 25.6 Å². The van der Waals surface area contributed by atoms with Gasteiger partial charge < -0.3 is 15.7 Å². The van der Waals surface area contributed by atoms with Gasteiger partial charge in [-0.25, -0.2) is 4.79 Å². The number of hydrogen-bond donors (Lipinski definition) is 2. The molecule has 0 saturated carbocycles. The number of terminal acetylenes is 1. The summed E-state index contributed by atoms with van der Waals surface area (Å²) in [7, 11) is 0. The molecule has 1 aromatic rings. The van der Waals surface area contributed by atoms with Crippen molar-refractivity contribution in [3.63, 3.8) is 0 Å². The predicted octanol–water partition coefficient (Wildman–Crippen LogP) is 0.578. The first-order chi connectivity index (χ1) is 9.02. The Labute approximate surface area is 111 Å².